The van der Waals surface area contributed by atoms with E-state index < -0.39 is 5.92 Å². The highest BCUT2D eigenvalue weighted by Gasteiger charge is 2.29. The number of aromatic nitrogens is 3. The first-order valence-electron chi connectivity index (χ1n) is 7.44. The fourth-order valence-corrected chi connectivity index (χ4v) is 3.55. The van der Waals surface area contributed by atoms with Crippen molar-refractivity contribution >= 4 is 33.4 Å². The van der Waals surface area contributed by atoms with Crippen LogP contribution in [0.4, 0.5) is 0 Å². The zero-order valence-corrected chi connectivity index (χ0v) is 12.1. The fraction of sp³-hybridized carbons (Fsp3) is 0.0526. The summed E-state index contributed by atoms with van der Waals surface area (Å²) >= 11 is 0. The van der Waals surface area contributed by atoms with Crippen LogP contribution in [0, 0.1) is 0 Å². The summed E-state index contributed by atoms with van der Waals surface area (Å²) in [6, 6.07) is 14.4. The predicted molar refractivity (Wildman–Crippen MR) is 87.8 cm³/mol. The van der Waals surface area contributed by atoms with Crippen LogP contribution in [0.1, 0.15) is 17.3 Å². The Morgan fingerprint density at radius 2 is 1.57 bits per heavy atom. The summed E-state index contributed by atoms with van der Waals surface area (Å²) in [5, 5.41) is 5.66. The zero-order valence-electron chi connectivity index (χ0n) is 12.1. The van der Waals surface area contributed by atoms with E-state index in [2.05, 4.69) is 45.3 Å². The summed E-state index contributed by atoms with van der Waals surface area (Å²) in [5.41, 5.74) is 0.975. The molecule has 4 heteroatoms. The van der Waals surface area contributed by atoms with Crippen molar-refractivity contribution < 1.29 is 4.79 Å². The summed E-state index contributed by atoms with van der Waals surface area (Å²) in [6.07, 6.45) is 4.59. The van der Waals surface area contributed by atoms with Gasteiger partial charge in [-0.05, 0) is 38.4 Å². The molecule has 0 saturated heterocycles. The van der Waals surface area contributed by atoms with E-state index in [1.54, 1.807) is 6.08 Å². The molecule has 0 N–H and O–H groups in total. The monoisotopic (exact) mass is 297 g/mol. The molecule has 4 aromatic rings. The smallest absolute Gasteiger partial charge is 0.171 e. The molecule has 1 atom stereocenters. The molecule has 3 aromatic carbocycles. The molecule has 108 valence electrons. The number of Topliss-reactive ketones (excluding diaryl/α,β-unsaturated/α-hetero) is 1. The normalized spacial score (nSPS) is 16.7. The fourth-order valence-electron chi connectivity index (χ4n) is 3.55. The summed E-state index contributed by atoms with van der Waals surface area (Å²) < 4.78 is 0. The summed E-state index contributed by atoms with van der Waals surface area (Å²) in [4.78, 5) is 24.9. The van der Waals surface area contributed by atoms with Crippen LogP contribution in [0.3, 0.4) is 0 Å². The number of rotatable bonds is 1. The molecule has 5 rings (SSSR count). The Kier molecular flexibility index (Phi) is 2.39. The number of carbonyl (C=O) groups is 1. The molecule has 1 aliphatic carbocycles. The SMILES string of the molecule is O=C1C=c2ccc3cccc4ccc(c2c43)C1c1ncncn1. The summed E-state index contributed by atoms with van der Waals surface area (Å²) in [6.45, 7) is 0. The van der Waals surface area contributed by atoms with E-state index in [9.17, 15) is 4.79 Å². The van der Waals surface area contributed by atoms with Crippen LogP contribution in [-0.4, -0.2) is 20.7 Å². The molecule has 0 saturated carbocycles. The first kappa shape index (κ1) is 12.4. The van der Waals surface area contributed by atoms with Gasteiger partial charge in [0.05, 0.1) is 0 Å². The van der Waals surface area contributed by atoms with Gasteiger partial charge in [0, 0.05) is 0 Å². The van der Waals surface area contributed by atoms with E-state index >= 15 is 0 Å². The second-order valence-corrected chi connectivity index (χ2v) is 5.74. The van der Waals surface area contributed by atoms with Crippen LogP contribution in [0.15, 0.2) is 55.1 Å². The van der Waals surface area contributed by atoms with E-state index in [0.717, 1.165) is 16.2 Å². The Balaban J connectivity index is 1.95. The van der Waals surface area contributed by atoms with Crippen LogP contribution in [0.5, 0.6) is 0 Å². The van der Waals surface area contributed by atoms with Gasteiger partial charge in [-0.2, -0.15) is 0 Å². The van der Waals surface area contributed by atoms with E-state index in [0.29, 0.717) is 5.82 Å². The van der Waals surface area contributed by atoms with Crippen molar-refractivity contribution in [2.24, 2.45) is 0 Å². The van der Waals surface area contributed by atoms with Gasteiger partial charge in [-0.1, -0.05) is 42.5 Å². The third-order valence-corrected chi connectivity index (χ3v) is 4.51. The van der Waals surface area contributed by atoms with Crippen molar-refractivity contribution in [2.45, 2.75) is 5.92 Å². The number of carbonyl (C=O) groups excluding carboxylic acids is 1. The van der Waals surface area contributed by atoms with Crippen molar-refractivity contribution in [1.82, 2.24) is 15.0 Å². The molecule has 0 spiro atoms. The van der Waals surface area contributed by atoms with Crippen molar-refractivity contribution in [3.63, 3.8) is 0 Å². The minimum Gasteiger partial charge on any atom is -0.294 e. The molecular weight excluding hydrogens is 286 g/mol. The average molecular weight is 297 g/mol. The van der Waals surface area contributed by atoms with Crippen LogP contribution in [-0.2, 0) is 4.79 Å². The number of ketones is 1. The lowest BCUT2D eigenvalue weighted by Crippen LogP contribution is -2.24. The molecule has 1 aliphatic rings. The maximum atomic E-state index is 12.7. The standard InChI is InChI=1S/C19H11N3O/c23-15-8-13-5-4-11-2-1-3-12-6-7-14(17(13)16(11)12)18(15)19-21-9-20-10-22-19/h1-10,18H. The van der Waals surface area contributed by atoms with Gasteiger partial charge in [-0.25, -0.2) is 15.0 Å². The van der Waals surface area contributed by atoms with E-state index in [1.807, 2.05) is 12.1 Å². The molecule has 23 heavy (non-hydrogen) atoms. The average Bonchev–Trinajstić information content (AvgIpc) is 2.60. The molecule has 0 bridgehead atoms. The van der Waals surface area contributed by atoms with E-state index in [1.165, 1.54) is 28.8 Å². The van der Waals surface area contributed by atoms with Gasteiger partial charge in [0.2, 0.25) is 0 Å². The Hall–Kier alpha value is -3.14. The highest BCUT2D eigenvalue weighted by Crippen LogP contribution is 2.35. The maximum absolute atomic E-state index is 12.7. The summed E-state index contributed by atoms with van der Waals surface area (Å²) in [7, 11) is 0. The Morgan fingerprint density at radius 3 is 2.35 bits per heavy atom. The van der Waals surface area contributed by atoms with Crippen molar-refractivity contribution in [3.05, 3.63) is 71.7 Å². The quantitative estimate of drug-likeness (QED) is 0.541. The highest BCUT2D eigenvalue weighted by molar-refractivity contribution is 6.20. The van der Waals surface area contributed by atoms with Crippen molar-refractivity contribution in [3.8, 4) is 0 Å². The minimum atomic E-state index is -0.458. The first-order chi connectivity index (χ1) is 11.3. The topological polar surface area (TPSA) is 55.7 Å². The predicted octanol–water partition coefficient (Wildman–Crippen LogP) is 2.39. The van der Waals surface area contributed by atoms with Crippen molar-refractivity contribution in [2.75, 3.05) is 0 Å². The molecule has 0 aliphatic heterocycles. The van der Waals surface area contributed by atoms with Gasteiger partial charge in [0.1, 0.15) is 24.4 Å². The molecule has 0 fully saturated rings. The number of nitrogens with zero attached hydrogens (tertiary/aromatic N) is 3. The molecule has 1 heterocycles. The lowest BCUT2D eigenvalue weighted by molar-refractivity contribution is -0.114. The first-order valence-corrected chi connectivity index (χ1v) is 7.44. The van der Waals surface area contributed by atoms with Crippen LogP contribution >= 0.6 is 0 Å². The molecular formula is C19H11N3O. The highest BCUT2D eigenvalue weighted by atomic mass is 16.1. The number of hydrogen-bond donors (Lipinski definition) is 0. The van der Waals surface area contributed by atoms with Gasteiger partial charge in [-0.15, -0.1) is 0 Å². The largest absolute Gasteiger partial charge is 0.294 e. The molecule has 1 unspecified atom stereocenters. The number of hydrogen-bond acceptors (Lipinski definition) is 4. The van der Waals surface area contributed by atoms with Crippen LogP contribution < -0.4 is 5.22 Å². The Bertz CT molecular complexity index is 1120. The van der Waals surface area contributed by atoms with E-state index in [-0.39, 0.29) is 5.78 Å². The molecule has 1 aromatic heterocycles. The van der Waals surface area contributed by atoms with Gasteiger partial charge < -0.3 is 0 Å². The van der Waals surface area contributed by atoms with E-state index in [4.69, 9.17) is 0 Å². The molecule has 0 amide bonds. The zero-order chi connectivity index (χ0) is 15.4. The third kappa shape index (κ3) is 1.66. The Labute approximate surface area is 131 Å². The second kappa shape index (κ2) is 4.43. The Morgan fingerprint density at radius 1 is 0.826 bits per heavy atom. The van der Waals surface area contributed by atoms with Gasteiger partial charge >= 0.3 is 0 Å². The maximum Gasteiger partial charge on any atom is 0.171 e. The second-order valence-electron chi connectivity index (χ2n) is 5.74. The van der Waals surface area contributed by atoms with Crippen LogP contribution in [0.25, 0.3) is 27.6 Å². The van der Waals surface area contributed by atoms with Crippen molar-refractivity contribution in [1.29, 1.82) is 0 Å². The van der Waals surface area contributed by atoms with Gasteiger partial charge in [0.25, 0.3) is 0 Å². The summed E-state index contributed by atoms with van der Waals surface area (Å²) in [5.74, 6) is 0.0609. The minimum absolute atomic E-state index is 0.0158. The lowest BCUT2D eigenvalue weighted by atomic mass is 9.82. The van der Waals surface area contributed by atoms with Gasteiger partial charge in [-0.3, -0.25) is 4.79 Å². The molecule has 0 radical (unpaired) electrons. The third-order valence-electron chi connectivity index (χ3n) is 4.51. The number of benzene rings is 3. The lowest BCUT2D eigenvalue weighted by Gasteiger charge is -2.21. The molecule has 4 nitrogen and oxygen atoms in total. The van der Waals surface area contributed by atoms with Crippen LogP contribution in [0.2, 0.25) is 0 Å². The van der Waals surface area contributed by atoms with Gasteiger partial charge in [0.15, 0.2) is 5.78 Å².